The number of aromatic nitrogens is 3. The van der Waals surface area contributed by atoms with Gasteiger partial charge in [-0.2, -0.15) is 0 Å². The van der Waals surface area contributed by atoms with Gasteiger partial charge in [-0.3, -0.25) is 10.1 Å². The van der Waals surface area contributed by atoms with E-state index in [4.69, 9.17) is 0 Å². The van der Waals surface area contributed by atoms with Crippen LogP contribution in [-0.4, -0.2) is 20.4 Å². The van der Waals surface area contributed by atoms with Crippen LogP contribution < -0.4 is 5.32 Å². The van der Waals surface area contributed by atoms with Crippen molar-refractivity contribution in [2.45, 2.75) is 0 Å². The third kappa shape index (κ3) is 1.76. The largest absolute Gasteiger partial charge is 0.323 e. The second-order valence-corrected chi connectivity index (χ2v) is 4.67. The molecule has 0 saturated heterocycles. The molecular formula is C12H10N4OS. The lowest BCUT2D eigenvalue weighted by Gasteiger charge is -2.01. The molecule has 6 heteroatoms. The molecule has 0 bridgehead atoms. The number of hydrogen-bond donors (Lipinski definition) is 1. The average Bonchev–Trinajstić information content (AvgIpc) is 2.98. The minimum Gasteiger partial charge on any atom is -0.323 e. The summed E-state index contributed by atoms with van der Waals surface area (Å²) in [6, 6.07) is 7.64. The van der Waals surface area contributed by atoms with Gasteiger partial charge in [-0.15, -0.1) is 11.3 Å². The number of carbonyl (C=O) groups is 1. The van der Waals surface area contributed by atoms with Crippen LogP contribution in [0.25, 0.3) is 11.0 Å². The molecule has 0 spiro atoms. The van der Waals surface area contributed by atoms with E-state index in [0.717, 1.165) is 11.0 Å². The number of amides is 1. The molecule has 0 atom stereocenters. The van der Waals surface area contributed by atoms with E-state index in [9.17, 15) is 4.79 Å². The van der Waals surface area contributed by atoms with Gasteiger partial charge in [0.15, 0.2) is 11.0 Å². The van der Waals surface area contributed by atoms with Crippen LogP contribution in [0.2, 0.25) is 0 Å². The van der Waals surface area contributed by atoms with Crippen molar-refractivity contribution in [1.82, 2.24) is 14.5 Å². The van der Waals surface area contributed by atoms with Crippen LogP contribution in [0, 0.1) is 0 Å². The molecule has 2 heterocycles. The van der Waals surface area contributed by atoms with Gasteiger partial charge in [0.2, 0.25) is 0 Å². The summed E-state index contributed by atoms with van der Waals surface area (Å²) in [6.07, 6.45) is 1.65. The van der Waals surface area contributed by atoms with E-state index in [1.165, 1.54) is 11.3 Å². The number of nitrogens with zero attached hydrogens (tertiary/aromatic N) is 3. The number of carbonyl (C=O) groups excluding carboxylic acids is 1. The van der Waals surface area contributed by atoms with Crippen LogP contribution in [0.1, 0.15) is 10.6 Å². The fourth-order valence-electron chi connectivity index (χ4n) is 1.79. The lowest BCUT2D eigenvalue weighted by molar-refractivity contribution is 0.101. The molecule has 0 fully saturated rings. The van der Waals surface area contributed by atoms with Crippen molar-refractivity contribution in [2.75, 3.05) is 5.32 Å². The van der Waals surface area contributed by atoms with Crippen molar-refractivity contribution in [3.63, 3.8) is 0 Å². The number of imidazole rings is 1. The zero-order chi connectivity index (χ0) is 12.5. The summed E-state index contributed by atoms with van der Waals surface area (Å²) in [6.45, 7) is 0. The Morgan fingerprint density at radius 3 is 2.94 bits per heavy atom. The van der Waals surface area contributed by atoms with Crippen molar-refractivity contribution in [3.8, 4) is 0 Å². The average molecular weight is 258 g/mol. The number of hydrogen-bond acceptors (Lipinski definition) is 4. The number of nitrogens with one attached hydrogen (secondary N) is 1. The van der Waals surface area contributed by atoms with E-state index in [1.807, 2.05) is 36.7 Å². The van der Waals surface area contributed by atoms with Gasteiger partial charge in [-0.1, -0.05) is 12.1 Å². The SMILES string of the molecule is Cn1c(C(=O)Nc2nccs2)nc2ccccc21. The maximum Gasteiger partial charge on any atom is 0.293 e. The monoisotopic (exact) mass is 258 g/mol. The predicted octanol–water partition coefficient (Wildman–Crippen LogP) is 2.28. The topological polar surface area (TPSA) is 59.8 Å². The first kappa shape index (κ1) is 10.9. The number of anilines is 1. The summed E-state index contributed by atoms with van der Waals surface area (Å²) >= 11 is 1.38. The predicted molar refractivity (Wildman–Crippen MR) is 70.8 cm³/mol. The molecule has 90 valence electrons. The molecule has 3 aromatic rings. The van der Waals surface area contributed by atoms with Crippen LogP contribution in [0.15, 0.2) is 35.8 Å². The highest BCUT2D eigenvalue weighted by Crippen LogP contribution is 2.16. The molecule has 0 aliphatic rings. The summed E-state index contributed by atoms with van der Waals surface area (Å²) in [5, 5.41) is 5.11. The second-order valence-electron chi connectivity index (χ2n) is 3.77. The number of para-hydroxylation sites is 2. The molecule has 0 saturated carbocycles. The number of thiazole rings is 1. The molecule has 0 aliphatic carbocycles. The zero-order valence-electron chi connectivity index (χ0n) is 9.62. The molecule has 0 unspecified atom stereocenters. The van der Waals surface area contributed by atoms with E-state index in [-0.39, 0.29) is 5.91 Å². The third-order valence-corrected chi connectivity index (χ3v) is 3.33. The first-order valence-corrected chi connectivity index (χ1v) is 6.26. The van der Waals surface area contributed by atoms with E-state index in [1.54, 1.807) is 10.8 Å². The lowest BCUT2D eigenvalue weighted by Crippen LogP contribution is -2.16. The first-order chi connectivity index (χ1) is 8.75. The van der Waals surface area contributed by atoms with Crippen molar-refractivity contribution >= 4 is 33.4 Å². The van der Waals surface area contributed by atoms with Crippen LogP contribution in [0.4, 0.5) is 5.13 Å². The Hall–Kier alpha value is -2.21. The summed E-state index contributed by atoms with van der Waals surface area (Å²) in [4.78, 5) is 20.4. The Balaban J connectivity index is 1.99. The Morgan fingerprint density at radius 1 is 1.39 bits per heavy atom. The minimum atomic E-state index is -0.247. The van der Waals surface area contributed by atoms with E-state index in [2.05, 4.69) is 15.3 Å². The van der Waals surface area contributed by atoms with E-state index in [0.29, 0.717) is 11.0 Å². The van der Waals surface area contributed by atoms with Gasteiger partial charge in [0.25, 0.3) is 5.91 Å². The zero-order valence-corrected chi connectivity index (χ0v) is 10.4. The summed E-state index contributed by atoms with van der Waals surface area (Å²) in [5.74, 6) is 0.134. The number of benzene rings is 1. The molecule has 18 heavy (non-hydrogen) atoms. The van der Waals surface area contributed by atoms with Crippen molar-refractivity contribution < 1.29 is 4.79 Å². The van der Waals surface area contributed by atoms with Gasteiger partial charge in [-0.05, 0) is 12.1 Å². The van der Waals surface area contributed by atoms with Crippen molar-refractivity contribution in [3.05, 3.63) is 41.7 Å². The highest BCUT2D eigenvalue weighted by Gasteiger charge is 2.15. The highest BCUT2D eigenvalue weighted by molar-refractivity contribution is 7.13. The third-order valence-electron chi connectivity index (χ3n) is 2.64. The van der Waals surface area contributed by atoms with Gasteiger partial charge in [0.1, 0.15) is 0 Å². The highest BCUT2D eigenvalue weighted by atomic mass is 32.1. The molecule has 1 aromatic carbocycles. The second kappa shape index (κ2) is 4.23. The summed E-state index contributed by atoms with van der Waals surface area (Å²) < 4.78 is 1.78. The Bertz CT molecular complexity index is 702. The van der Waals surface area contributed by atoms with E-state index >= 15 is 0 Å². The quantitative estimate of drug-likeness (QED) is 0.767. The number of rotatable bonds is 2. The standard InChI is InChI=1S/C12H10N4OS/c1-16-9-5-3-2-4-8(9)14-10(16)11(17)15-12-13-6-7-18-12/h2-7H,1H3,(H,13,15,17). The maximum atomic E-state index is 12.1. The fraction of sp³-hybridized carbons (Fsp3) is 0.0833. The molecule has 3 rings (SSSR count). The molecule has 2 aromatic heterocycles. The fourth-order valence-corrected chi connectivity index (χ4v) is 2.31. The lowest BCUT2D eigenvalue weighted by atomic mass is 10.3. The van der Waals surface area contributed by atoms with Crippen LogP contribution in [0.3, 0.4) is 0 Å². The normalized spacial score (nSPS) is 10.7. The molecule has 0 aliphatic heterocycles. The summed E-state index contributed by atoms with van der Waals surface area (Å²) in [5.41, 5.74) is 1.74. The minimum absolute atomic E-state index is 0.247. The molecule has 5 nitrogen and oxygen atoms in total. The number of aryl methyl sites for hydroxylation is 1. The van der Waals surface area contributed by atoms with Gasteiger partial charge in [0.05, 0.1) is 11.0 Å². The molecular weight excluding hydrogens is 248 g/mol. The van der Waals surface area contributed by atoms with Gasteiger partial charge in [0, 0.05) is 18.6 Å². The van der Waals surface area contributed by atoms with Crippen LogP contribution >= 0.6 is 11.3 Å². The number of fused-ring (bicyclic) bond motifs is 1. The van der Waals surface area contributed by atoms with E-state index < -0.39 is 0 Å². The maximum absolute atomic E-state index is 12.1. The Labute approximate surface area is 107 Å². The smallest absolute Gasteiger partial charge is 0.293 e. The van der Waals surface area contributed by atoms with Crippen LogP contribution in [0.5, 0.6) is 0 Å². The van der Waals surface area contributed by atoms with Crippen molar-refractivity contribution in [2.24, 2.45) is 7.05 Å². The Morgan fingerprint density at radius 2 is 2.22 bits per heavy atom. The van der Waals surface area contributed by atoms with Gasteiger partial charge >= 0.3 is 0 Å². The Kier molecular flexibility index (Phi) is 2.56. The van der Waals surface area contributed by atoms with Crippen LogP contribution in [-0.2, 0) is 7.05 Å². The molecule has 0 radical (unpaired) electrons. The summed E-state index contributed by atoms with van der Waals surface area (Å²) in [7, 11) is 1.83. The van der Waals surface area contributed by atoms with Crippen molar-refractivity contribution in [1.29, 1.82) is 0 Å². The van der Waals surface area contributed by atoms with Gasteiger partial charge < -0.3 is 4.57 Å². The van der Waals surface area contributed by atoms with Gasteiger partial charge in [-0.25, -0.2) is 9.97 Å². The molecule has 1 N–H and O–H groups in total. The first-order valence-electron chi connectivity index (χ1n) is 5.38. The molecule has 1 amide bonds.